The number of halogens is 4. The van der Waals surface area contributed by atoms with Crippen molar-refractivity contribution in [1.82, 2.24) is 64.1 Å². The van der Waals surface area contributed by atoms with E-state index in [0.717, 1.165) is 112 Å². The summed E-state index contributed by atoms with van der Waals surface area (Å²) < 4.78 is 49.3. The zero-order valence-electron chi connectivity index (χ0n) is 47.6. The van der Waals surface area contributed by atoms with Crippen LogP contribution in [0.15, 0.2) is 73.3 Å². The number of sulfonamides is 1. The lowest BCUT2D eigenvalue weighted by Crippen LogP contribution is -2.54. The Balaban J connectivity index is 0.000000134. The number of carbonyl (C=O) groups excluding carboxylic acids is 2. The van der Waals surface area contributed by atoms with E-state index < -0.39 is 20.2 Å². The largest absolute Gasteiger partial charge is 0.368 e. The van der Waals surface area contributed by atoms with Gasteiger partial charge in [0.2, 0.25) is 15.9 Å². The van der Waals surface area contributed by atoms with E-state index in [1.807, 2.05) is 77.6 Å². The van der Waals surface area contributed by atoms with Crippen molar-refractivity contribution in [3.8, 4) is 0 Å². The SMILES string of the molecule is CCC1CN(c2cc(Cl)cc3[nH]ncc23)CCN1C(C)=O.CCC1CN(c2cc(Cl)cc3[nH]ncc23)CCN1S(C)(=O)=O.CN(C)C(=O)N1CCN(c2cc(Cl)cc3[nH]ncc23)CC1.NS(=O)(=O)N1CCN(c2cc(Cl)cc3[nH]ncc23)CC1. The number of benzene rings is 4. The van der Waals surface area contributed by atoms with Crippen molar-refractivity contribution in [3.63, 3.8) is 0 Å². The zero-order valence-corrected chi connectivity index (χ0v) is 52.2. The number of fused-ring (bicyclic) bond motifs is 4. The van der Waals surface area contributed by atoms with Gasteiger partial charge in [-0.25, -0.2) is 18.4 Å². The van der Waals surface area contributed by atoms with Crippen LogP contribution in [0.1, 0.15) is 33.6 Å². The van der Waals surface area contributed by atoms with Crippen LogP contribution >= 0.6 is 46.4 Å². The minimum absolute atomic E-state index is 0.0234. The van der Waals surface area contributed by atoms with Gasteiger partial charge in [-0.1, -0.05) is 60.3 Å². The monoisotopic (exact) mass is 1270 g/mol. The molecule has 4 saturated heterocycles. The van der Waals surface area contributed by atoms with Crippen LogP contribution in [0.25, 0.3) is 43.6 Å². The lowest BCUT2D eigenvalue weighted by molar-refractivity contribution is -0.131. The predicted molar refractivity (Wildman–Crippen MR) is 336 cm³/mol. The number of hydrogen-bond donors (Lipinski definition) is 5. The molecule has 84 heavy (non-hydrogen) atoms. The number of urea groups is 1. The van der Waals surface area contributed by atoms with Gasteiger partial charge in [0.25, 0.3) is 10.2 Å². The molecule has 0 radical (unpaired) electrons. The molecule has 4 aliphatic rings. The zero-order chi connectivity index (χ0) is 60.2. The fourth-order valence-corrected chi connectivity index (χ4v) is 14.0. The average Bonchev–Trinajstić information content (AvgIpc) is 4.16. The Bertz CT molecular complexity index is 3840. The summed E-state index contributed by atoms with van der Waals surface area (Å²) in [6, 6.07) is 15.4. The summed E-state index contributed by atoms with van der Waals surface area (Å²) >= 11 is 24.7. The lowest BCUT2D eigenvalue weighted by atomic mass is 10.1. The van der Waals surface area contributed by atoms with E-state index in [9.17, 15) is 26.4 Å². The highest BCUT2D eigenvalue weighted by atomic mass is 35.5. The third kappa shape index (κ3) is 14.3. The molecule has 8 aromatic rings. The van der Waals surface area contributed by atoms with Gasteiger partial charge in [-0.2, -0.15) is 37.4 Å². The topological polar surface area (TPSA) is 272 Å². The van der Waals surface area contributed by atoms with E-state index in [1.165, 1.54) is 10.6 Å². The van der Waals surface area contributed by atoms with E-state index in [1.54, 1.807) is 42.6 Å². The highest BCUT2D eigenvalue weighted by Crippen LogP contribution is 2.35. The molecule has 0 spiro atoms. The Morgan fingerprint density at radius 3 is 1.23 bits per heavy atom. The number of piperazine rings is 4. The highest BCUT2D eigenvalue weighted by molar-refractivity contribution is 7.88. The minimum Gasteiger partial charge on any atom is -0.368 e. The molecule has 4 aromatic carbocycles. The molecule has 2 atom stereocenters. The predicted octanol–water partition coefficient (Wildman–Crippen LogP) is 7.30. The third-order valence-corrected chi connectivity index (χ3v) is 18.9. The number of aromatic amines is 4. The number of rotatable bonds is 8. The van der Waals surface area contributed by atoms with Crippen LogP contribution in [0.2, 0.25) is 20.1 Å². The number of H-pyrrole nitrogens is 4. The Labute approximate surface area is 508 Å². The summed E-state index contributed by atoms with van der Waals surface area (Å²) in [5.74, 6) is 0.154. The van der Waals surface area contributed by atoms with Crippen molar-refractivity contribution >= 4 is 145 Å². The minimum atomic E-state index is -3.61. The Morgan fingerprint density at radius 1 is 0.536 bits per heavy atom. The number of amides is 3. The molecule has 2 unspecified atom stereocenters. The average molecular weight is 1270 g/mol. The summed E-state index contributed by atoms with van der Waals surface area (Å²) in [5.41, 5.74) is 7.75. The first-order chi connectivity index (χ1) is 40.0. The summed E-state index contributed by atoms with van der Waals surface area (Å²) in [6.45, 7) is 14.8. The van der Waals surface area contributed by atoms with Gasteiger partial charge in [0.1, 0.15) is 0 Å². The van der Waals surface area contributed by atoms with E-state index in [4.69, 9.17) is 51.5 Å². The third-order valence-electron chi connectivity index (χ3n) is 15.6. The Morgan fingerprint density at radius 2 is 0.881 bits per heavy atom. The molecule has 4 aromatic heterocycles. The molecule has 4 fully saturated rings. The number of nitrogens with zero attached hydrogens (tertiary/aromatic N) is 13. The van der Waals surface area contributed by atoms with Gasteiger partial charge in [-0.15, -0.1) is 0 Å². The molecular weight excluding hydrogens is 1200 g/mol. The number of anilines is 4. The van der Waals surface area contributed by atoms with E-state index in [-0.39, 0.29) is 24.0 Å². The molecule has 0 bridgehead atoms. The summed E-state index contributed by atoms with van der Waals surface area (Å²) in [4.78, 5) is 38.0. The van der Waals surface area contributed by atoms with Crippen molar-refractivity contribution in [2.24, 2.45) is 5.14 Å². The molecule has 4 aliphatic heterocycles. The summed E-state index contributed by atoms with van der Waals surface area (Å²) in [5, 5.41) is 39.9. The first-order valence-corrected chi connectivity index (χ1v) is 32.4. The fraction of sp³-hybridized carbons (Fsp3) is 0.444. The first kappa shape index (κ1) is 62.2. The van der Waals surface area contributed by atoms with Gasteiger partial charge in [-0.3, -0.25) is 25.2 Å². The summed E-state index contributed by atoms with van der Waals surface area (Å²) in [7, 11) is -3.22. The number of nitrogens with one attached hydrogen (secondary N) is 4. The van der Waals surface area contributed by atoms with Crippen molar-refractivity contribution in [1.29, 1.82) is 0 Å². The van der Waals surface area contributed by atoms with Crippen molar-refractivity contribution < 1.29 is 26.4 Å². The van der Waals surface area contributed by atoms with Crippen molar-refractivity contribution in [3.05, 3.63) is 93.4 Å². The van der Waals surface area contributed by atoms with E-state index >= 15 is 0 Å². The quantitative estimate of drug-likeness (QED) is 0.0999. The number of hydrogen-bond acceptors (Lipinski definition) is 14. The molecule has 452 valence electrons. The number of nitrogens with two attached hydrogens (primary N) is 1. The highest BCUT2D eigenvalue weighted by Gasteiger charge is 2.33. The molecule has 12 rings (SSSR count). The maximum atomic E-state index is 12.0. The molecule has 8 heterocycles. The molecule has 24 nitrogen and oxygen atoms in total. The van der Waals surface area contributed by atoms with Crippen LogP contribution < -0.4 is 24.7 Å². The second kappa shape index (κ2) is 26.5. The Kier molecular flexibility index (Phi) is 19.6. The van der Waals surface area contributed by atoms with Crippen LogP contribution in [0.3, 0.4) is 0 Å². The molecule has 0 saturated carbocycles. The smallest absolute Gasteiger partial charge is 0.319 e. The maximum Gasteiger partial charge on any atom is 0.319 e. The van der Waals surface area contributed by atoms with E-state index in [0.29, 0.717) is 79.0 Å². The van der Waals surface area contributed by atoms with Crippen molar-refractivity contribution in [2.75, 3.05) is 132 Å². The van der Waals surface area contributed by atoms with Gasteiger partial charge in [-0.05, 0) is 61.4 Å². The maximum absolute atomic E-state index is 12.0. The van der Waals surface area contributed by atoms with Gasteiger partial charge >= 0.3 is 6.03 Å². The second-order valence-electron chi connectivity index (χ2n) is 21.2. The van der Waals surface area contributed by atoms with Gasteiger partial charge in [0.05, 0.1) is 53.1 Å². The Hall–Kier alpha value is -6.36. The van der Waals surface area contributed by atoms with Crippen LogP contribution in [0.4, 0.5) is 27.5 Å². The second-order valence-corrected chi connectivity index (χ2v) is 26.4. The standard InChI is InChI=1S/C15H19ClN4O.C14H18ClN5O.C14H19ClN4O2S.C11H14ClN5O2S/c1-3-12-9-19(4-5-20(12)10(2)21)15-7-11(16)6-14-13(15)8-17-18-14;1-18(2)14(21)20-5-3-19(4-6-20)13-8-10(15)7-12-11(13)9-16-17-12;1-3-11-9-18(4-5-19(11)22(2,20)21)14-7-10(15)6-13-12(14)8-16-17-13;12-8-5-10-9(7-14-15-10)11(6-8)16-1-3-17(4-2-16)20(13,18)19/h6-8,12H,3-5,9H2,1-2H3,(H,17,18);7-9H,3-6H2,1-2H3,(H,16,17);6-8,11H,3-5,9H2,1-2H3,(H,16,17);5-7H,1-4H2,(H,14,15)(H2,13,18,19). The normalized spacial score (nSPS) is 18.4. The molecule has 0 aliphatic carbocycles. The van der Waals surface area contributed by atoms with Crippen LogP contribution in [0.5, 0.6) is 0 Å². The molecule has 3 amide bonds. The van der Waals surface area contributed by atoms with Crippen molar-refractivity contribution in [2.45, 2.75) is 45.7 Å². The van der Waals surface area contributed by atoms with Gasteiger partial charge in [0, 0.05) is 189 Å². The number of carbonyl (C=O) groups is 2. The van der Waals surface area contributed by atoms with Crippen LogP contribution in [-0.2, 0) is 25.0 Å². The van der Waals surface area contributed by atoms with E-state index in [2.05, 4.69) is 67.3 Å². The van der Waals surface area contributed by atoms with Crippen LogP contribution in [-0.4, -0.2) is 217 Å². The van der Waals surface area contributed by atoms with Gasteiger partial charge < -0.3 is 34.3 Å². The lowest BCUT2D eigenvalue weighted by Gasteiger charge is -2.42. The summed E-state index contributed by atoms with van der Waals surface area (Å²) in [6.07, 6.45) is 10.2. The first-order valence-electron chi connectivity index (χ1n) is 27.5. The van der Waals surface area contributed by atoms with Gasteiger partial charge in [0.15, 0.2) is 0 Å². The fourth-order valence-electron chi connectivity index (χ4n) is 11.3. The molecule has 6 N–H and O–H groups in total. The molecule has 30 heteroatoms. The number of aromatic nitrogens is 8. The molecular formula is C54H70Cl4N18O6S2. The van der Waals surface area contributed by atoms with Crippen LogP contribution in [0, 0.1) is 0 Å².